The summed E-state index contributed by atoms with van der Waals surface area (Å²) in [6.07, 6.45) is -4.89. The van der Waals surface area contributed by atoms with Crippen LogP contribution in [0.4, 0.5) is 24.5 Å². The third kappa shape index (κ3) is 4.53. The van der Waals surface area contributed by atoms with Crippen molar-refractivity contribution in [1.29, 1.82) is 0 Å². The summed E-state index contributed by atoms with van der Waals surface area (Å²) in [5, 5.41) is 26.2. The van der Waals surface area contributed by atoms with Crippen LogP contribution in [0.3, 0.4) is 0 Å². The third-order valence-corrected chi connectivity index (χ3v) is 5.19. The number of amides is 1. The molecule has 35 heavy (non-hydrogen) atoms. The number of carbonyl (C=O) groups excluding carboxylic acids is 1. The number of alkyl halides is 3. The zero-order valence-electron chi connectivity index (χ0n) is 17.5. The Hall–Kier alpha value is -4.39. The molecule has 2 heterocycles. The Kier molecular flexibility index (Phi) is 5.94. The van der Waals surface area contributed by atoms with Gasteiger partial charge in [-0.1, -0.05) is 23.7 Å². The Morgan fingerprint density at radius 1 is 1.23 bits per heavy atom. The van der Waals surface area contributed by atoms with E-state index in [4.69, 9.17) is 16.3 Å². The molecule has 0 radical (unpaired) electrons. The lowest BCUT2D eigenvalue weighted by Gasteiger charge is -2.11. The van der Waals surface area contributed by atoms with Crippen molar-refractivity contribution in [2.45, 2.75) is 6.18 Å². The minimum atomic E-state index is -4.89. The standard InChI is InChI=1S/C21H13ClF3N5O5/c1-35-12-4-2-3-10(7-12)13-9-16(21(23,24)25)29-19(26-13)17(22)18(28-29)20(32)27-14-8-11(30(33)34)5-6-15(14)31/h2-9,31H,1H3,(H,27,32). The molecule has 1 amide bonds. The number of methoxy groups -OCH3 is 1. The van der Waals surface area contributed by atoms with E-state index in [-0.39, 0.29) is 11.4 Å². The zero-order chi connectivity index (χ0) is 25.5. The number of fused-ring (bicyclic) bond motifs is 1. The van der Waals surface area contributed by atoms with Gasteiger partial charge in [-0.3, -0.25) is 14.9 Å². The Bertz CT molecular complexity index is 1490. The maximum atomic E-state index is 13.9. The van der Waals surface area contributed by atoms with E-state index < -0.39 is 50.5 Å². The molecule has 0 unspecified atom stereocenters. The molecular formula is C21H13ClF3N5O5. The normalized spacial score (nSPS) is 11.5. The lowest BCUT2D eigenvalue weighted by Crippen LogP contribution is -2.16. The molecule has 0 atom stereocenters. The van der Waals surface area contributed by atoms with Crippen LogP contribution in [-0.4, -0.2) is 37.6 Å². The molecule has 0 aliphatic heterocycles. The predicted octanol–water partition coefficient (Wildman–Crippen LogP) is 4.94. The van der Waals surface area contributed by atoms with Gasteiger partial charge in [0.15, 0.2) is 17.0 Å². The van der Waals surface area contributed by atoms with Crippen molar-refractivity contribution in [3.05, 3.63) is 75.1 Å². The fourth-order valence-electron chi connectivity index (χ4n) is 3.19. The molecule has 2 N–H and O–H groups in total. The van der Waals surface area contributed by atoms with Crippen LogP contribution in [0.15, 0.2) is 48.5 Å². The Balaban J connectivity index is 1.84. The topological polar surface area (TPSA) is 132 Å². The fourth-order valence-corrected chi connectivity index (χ4v) is 3.43. The minimum absolute atomic E-state index is 0.103. The molecule has 0 spiro atoms. The first kappa shape index (κ1) is 23.8. The molecule has 14 heteroatoms. The number of rotatable bonds is 5. The van der Waals surface area contributed by atoms with Gasteiger partial charge in [0.05, 0.1) is 23.4 Å². The molecule has 0 saturated carbocycles. The molecule has 10 nitrogen and oxygen atoms in total. The second-order valence-electron chi connectivity index (χ2n) is 7.07. The van der Waals surface area contributed by atoms with Crippen molar-refractivity contribution in [1.82, 2.24) is 14.6 Å². The van der Waals surface area contributed by atoms with E-state index in [1.807, 2.05) is 0 Å². The summed E-state index contributed by atoms with van der Waals surface area (Å²) >= 11 is 6.21. The number of phenolic OH excluding ortho intramolecular Hbond substituents is 1. The van der Waals surface area contributed by atoms with Crippen molar-refractivity contribution >= 4 is 34.5 Å². The number of nitrogens with one attached hydrogen (secondary N) is 1. The van der Waals surface area contributed by atoms with Crippen LogP contribution < -0.4 is 10.1 Å². The molecule has 2 aromatic carbocycles. The number of ether oxygens (including phenoxy) is 1. The summed E-state index contributed by atoms with van der Waals surface area (Å²) in [5.41, 5.74) is -2.96. The lowest BCUT2D eigenvalue weighted by atomic mass is 10.1. The molecule has 0 saturated heterocycles. The number of hydrogen-bond donors (Lipinski definition) is 2. The first-order valence-corrected chi connectivity index (χ1v) is 9.97. The van der Waals surface area contributed by atoms with Crippen molar-refractivity contribution in [3.63, 3.8) is 0 Å². The summed E-state index contributed by atoms with van der Waals surface area (Å²) in [5.74, 6) is -1.25. The van der Waals surface area contributed by atoms with Crippen LogP contribution in [0.25, 0.3) is 16.9 Å². The van der Waals surface area contributed by atoms with Gasteiger partial charge in [0.1, 0.15) is 16.5 Å². The highest BCUT2D eigenvalue weighted by Crippen LogP contribution is 2.36. The maximum Gasteiger partial charge on any atom is 0.433 e. The second-order valence-corrected chi connectivity index (χ2v) is 7.44. The summed E-state index contributed by atoms with van der Waals surface area (Å²) in [4.78, 5) is 27.1. The van der Waals surface area contributed by atoms with Gasteiger partial charge in [0, 0.05) is 17.7 Å². The number of aromatic nitrogens is 3. The van der Waals surface area contributed by atoms with Gasteiger partial charge in [-0.25, -0.2) is 9.50 Å². The quantitative estimate of drug-likeness (QED) is 0.222. The summed E-state index contributed by atoms with van der Waals surface area (Å²) < 4.78 is 47.1. The zero-order valence-corrected chi connectivity index (χ0v) is 18.3. The molecule has 0 aliphatic rings. The van der Waals surface area contributed by atoms with E-state index >= 15 is 0 Å². The predicted molar refractivity (Wildman–Crippen MR) is 118 cm³/mol. The molecule has 0 aliphatic carbocycles. The van der Waals surface area contributed by atoms with Gasteiger partial charge in [0.25, 0.3) is 11.6 Å². The molecule has 180 valence electrons. The number of anilines is 1. The van der Waals surface area contributed by atoms with Gasteiger partial charge >= 0.3 is 6.18 Å². The highest BCUT2D eigenvalue weighted by molar-refractivity contribution is 6.37. The van der Waals surface area contributed by atoms with Crippen molar-refractivity contribution < 1.29 is 32.7 Å². The molecule has 2 aromatic heterocycles. The van der Waals surface area contributed by atoms with Crippen LogP contribution in [0.5, 0.6) is 11.5 Å². The number of non-ortho nitro benzene ring substituents is 1. The number of carbonyl (C=O) groups is 1. The van der Waals surface area contributed by atoms with E-state index in [1.165, 1.54) is 19.2 Å². The number of halogens is 4. The van der Waals surface area contributed by atoms with Gasteiger partial charge in [-0.05, 0) is 24.3 Å². The number of aromatic hydroxyl groups is 1. The van der Waals surface area contributed by atoms with Crippen molar-refractivity contribution in [2.75, 3.05) is 12.4 Å². The Morgan fingerprint density at radius 3 is 2.63 bits per heavy atom. The molecule has 0 bridgehead atoms. The largest absolute Gasteiger partial charge is 0.506 e. The number of hydrogen-bond acceptors (Lipinski definition) is 7. The van der Waals surface area contributed by atoms with E-state index in [0.717, 1.165) is 24.3 Å². The van der Waals surface area contributed by atoms with E-state index in [2.05, 4.69) is 15.4 Å². The molecule has 0 fully saturated rings. The van der Waals surface area contributed by atoms with Gasteiger partial charge in [0.2, 0.25) is 0 Å². The monoisotopic (exact) mass is 507 g/mol. The van der Waals surface area contributed by atoms with E-state index in [9.17, 15) is 33.2 Å². The van der Waals surface area contributed by atoms with Crippen LogP contribution >= 0.6 is 11.6 Å². The number of nitrogens with zero attached hydrogens (tertiary/aromatic N) is 4. The number of benzene rings is 2. The van der Waals surface area contributed by atoms with E-state index in [0.29, 0.717) is 15.8 Å². The van der Waals surface area contributed by atoms with Crippen molar-refractivity contribution in [2.24, 2.45) is 0 Å². The molecule has 4 rings (SSSR count). The van der Waals surface area contributed by atoms with Crippen LogP contribution in [0, 0.1) is 10.1 Å². The van der Waals surface area contributed by atoms with Crippen LogP contribution in [-0.2, 0) is 6.18 Å². The highest BCUT2D eigenvalue weighted by atomic mass is 35.5. The van der Waals surface area contributed by atoms with Gasteiger partial charge in [-0.2, -0.15) is 18.3 Å². The highest BCUT2D eigenvalue weighted by Gasteiger charge is 2.37. The van der Waals surface area contributed by atoms with Gasteiger partial charge in [-0.15, -0.1) is 0 Å². The Labute approximate surface area is 198 Å². The van der Waals surface area contributed by atoms with Crippen molar-refractivity contribution in [3.8, 4) is 22.8 Å². The lowest BCUT2D eigenvalue weighted by molar-refractivity contribution is -0.384. The summed E-state index contributed by atoms with van der Waals surface area (Å²) in [6.45, 7) is 0. The molecular weight excluding hydrogens is 495 g/mol. The third-order valence-electron chi connectivity index (χ3n) is 4.84. The number of nitro groups is 1. The first-order valence-electron chi connectivity index (χ1n) is 9.59. The maximum absolute atomic E-state index is 13.9. The van der Waals surface area contributed by atoms with Gasteiger partial charge < -0.3 is 15.2 Å². The summed E-state index contributed by atoms with van der Waals surface area (Å²) in [7, 11) is 1.40. The number of phenols is 1. The molecule has 4 aromatic rings. The number of nitro benzene ring substituents is 1. The fraction of sp³-hybridized carbons (Fsp3) is 0.0952. The average Bonchev–Trinajstić information content (AvgIpc) is 3.15. The smallest absolute Gasteiger partial charge is 0.433 e. The Morgan fingerprint density at radius 2 is 1.97 bits per heavy atom. The van der Waals surface area contributed by atoms with Crippen LogP contribution in [0.2, 0.25) is 5.02 Å². The summed E-state index contributed by atoms with van der Waals surface area (Å²) in [6, 6.07) is 9.76. The van der Waals surface area contributed by atoms with Crippen LogP contribution in [0.1, 0.15) is 16.2 Å². The minimum Gasteiger partial charge on any atom is -0.506 e. The van der Waals surface area contributed by atoms with E-state index in [1.54, 1.807) is 12.1 Å². The average molecular weight is 508 g/mol. The first-order chi connectivity index (χ1) is 16.5. The second kappa shape index (κ2) is 8.76. The SMILES string of the molecule is COc1cccc(-c2cc(C(F)(F)F)n3nc(C(=O)Nc4cc([N+](=O)[O-])ccc4O)c(Cl)c3n2)c1.